The van der Waals surface area contributed by atoms with Crippen molar-refractivity contribution in [2.24, 2.45) is 5.73 Å². The van der Waals surface area contributed by atoms with Gasteiger partial charge < -0.3 is 21.7 Å². The Labute approximate surface area is 163 Å². The van der Waals surface area contributed by atoms with Crippen LogP contribution in [0.2, 0.25) is 0 Å². The first-order valence-electron chi connectivity index (χ1n) is 8.94. The Balaban J connectivity index is 1.46. The van der Waals surface area contributed by atoms with Crippen LogP contribution >= 0.6 is 11.8 Å². The van der Waals surface area contributed by atoms with Crippen molar-refractivity contribution >= 4 is 29.3 Å². The lowest BCUT2D eigenvalue weighted by Gasteiger charge is -2.13. The lowest BCUT2D eigenvalue weighted by molar-refractivity contribution is -0.121. The molecule has 0 spiro atoms. The molecular weight excluding hydrogens is 360 g/mol. The summed E-state index contributed by atoms with van der Waals surface area (Å²) in [4.78, 5) is 25.0. The van der Waals surface area contributed by atoms with E-state index in [4.69, 9.17) is 5.73 Å². The Kier molecular flexibility index (Phi) is 6.86. The number of rotatable bonds is 7. The maximum Gasteiger partial charge on any atom is 0.241 e. The number of nitrogens with two attached hydrogens (primary N) is 1. The van der Waals surface area contributed by atoms with Crippen molar-refractivity contribution in [1.29, 1.82) is 0 Å². The number of carbonyl (C=O) groups excluding carboxylic acids is 2. The van der Waals surface area contributed by atoms with Crippen molar-refractivity contribution in [3.63, 3.8) is 0 Å². The molecule has 2 aromatic rings. The van der Waals surface area contributed by atoms with Gasteiger partial charge in [0.05, 0.1) is 12.6 Å². The van der Waals surface area contributed by atoms with Gasteiger partial charge in [-0.15, -0.1) is 11.8 Å². The van der Waals surface area contributed by atoms with Crippen molar-refractivity contribution < 1.29 is 9.59 Å². The molecule has 0 bridgehead atoms. The first-order chi connectivity index (χ1) is 13.1. The van der Waals surface area contributed by atoms with E-state index in [-0.39, 0.29) is 30.4 Å². The topological polar surface area (TPSA) is 96.2 Å². The molecule has 2 amide bonds. The molecule has 3 rings (SSSR count). The van der Waals surface area contributed by atoms with Crippen molar-refractivity contribution in [3.8, 4) is 0 Å². The molecule has 1 saturated heterocycles. The number of hydrogen-bond donors (Lipinski definition) is 4. The number of anilines is 1. The third-order valence-electron chi connectivity index (χ3n) is 4.37. The van der Waals surface area contributed by atoms with Crippen LogP contribution < -0.4 is 21.7 Å². The van der Waals surface area contributed by atoms with Crippen LogP contribution in [0.15, 0.2) is 59.5 Å². The predicted molar refractivity (Wildman–Crippen MR) is 108 cm³/mol. The van der Waals surface area contributed by atoms with Gasteiger partial charge >= 0.3 is 0 Å². The molecule has 1 unspecified atom stereocenters. The molecule has 1 aliphatic heterocycles. The van der Waals surface area contributed by atoms with E-state index in [1.807, 2.05) is 42.5 Å². The molecule has 5 N–H and O–H groups in total. The van der Waals surface area contributed by atoms with Gasteiger partial charge in [-0.2, -0.15) is 0 Å². The van der Waals surface area contributed by atoms with Gasteiger partial charge in [-0.25, -0.2) is 0 Å². The zero-order valence-electron chi connectivity index (χ0n) is 15.0. The fourth-order valence-corrected chi connectivity index (χ4v) is 3.80. The van der Waals surface area contributed by atoms with Crippen LogP contribution in [0.4, 0.5) is 5.69 Å². The molecule has 2 atom stereocenters. The van der Waals surface area contributed by atoms with Gasteiger partial charge in [0.25, 0.3) is 0 Å². The van der Waals surface area contributed by atoms with Crippen molar-refractivity contribution in [1.82, 2.24) is 10.6 Å². The molecule has 1 fully saturated rings. The summed E-state index contributed by atoms with van der Waals surface area (Å²) in [6.45, 7) is 0.530. The largest absolute Gasteiger partial charge is 0.351 e. The third-order valence-corrected chi connectivity index (χ3v) is 5.45. The van der Waals surface area contributed by atoms with Crippen LogP contribution in [0.3, 0.4) is 0 Å². The molecule has 0 aliphatic carbocycles. The van der Waals surface area contributed by atoms with E-state index < -0.39 is 0 Å². The Hall–Kier alpha value is -2.35. The maximum absolute atomic E-state index is 12.4. The average Bonchev–Trinajstić information content (AvgIpc) is 3.17. The first kappa shape index (κ1) is 19.4. The Morgan fingerprint density at radius 1 is 1.11 bits per heavy atom. The summed E-state index contributed by atoms with van der Waals surface area (Å²) in [6, 6.07) is 17.8. The summed E-state index contributed by atoms with van der Waals surface area (Å²) in [5.74, 6) is 0.586. The zero-order chi connectivity index (χ0) is 19.1. The summed E-state index contributed by atoms with van der Waals surface area (Å²) in [5.41, 5.74) is 7.27. The Bertz CT molecular complexity index is 767. The second kappa shape index (κ2) is 9.55. The summed E-state index contributed by atoms with van der Waals surface area (Å²) in [7, 11) is 0. The van der Waals surface area contributed by atoms with Crippen LogP contribution in [-0.4, -0.2) is 37.0 Å². The first-order valence-corrected chi connectivity index (χ1v) is 9.93. The lowest BCUT2D eigenvalue weighted by atomic mass is 10.1. The van der Waals surface area contributed by atoms with Crippen LogP contribution in [-0.2, 0) is 15.3 Å². The van der Waals surface area contributed by atoms with E-state index in [0.717, 1.165) is 11.4 Å². The highest BCUT2D eigenvalue weighted by molar-refractivity contribution is 7.98. The standard InChI is InChI=1S/C20H24N4O2S/c21-11-19(25)23-16-10-18(22-12-16)20(26)24-15-8-6-14(7-9-15)13-27-17-4-2-1-3-5-17/h1-9,16,18,22H,10-13,21H2,(H,23,25)(H,24,26)/t16?,18-/m0/s1. The number of nitrogens with one attached hydrogen (secondary N) is 3. The number of amides is 2. The quantitative estimate of drug-likeness (QED) is 0.545. The molecule has 6 nitrogen and oxygen atoms in total. The van der Waals surface area contributed by atoms with E-state index in [1.54, 1.807) is 11.8 Å². The maximum atomic E-state index is 12.4. The predicted octanol–water partition coefficient (Wildman–Crippen LogP) is 1.72. The molecule has 0 radical (unpaired) electrons. The molecule has 7 heteroatoms. The minimum atomic E-state index is -0.318. The summed E-state index contributed by atoms with van der Waals surface area (Å²) >= 11 is 1.78. The number of hydrogen-bond acceptors (Lipinski definition) is 5. The van der Waals surface area contributed by atoms with Gasteiger partial charge in [0.1, 0.15) is 0 Å². The Morgan fingerprint density at radius 2 is 1.85 bits per heavy atom. The van der Waals surface area contributed by atoms with Gasteiger partial charge in [-0.05, 0) is 36.2 Å². The number of thioether (sulfide) groups is 1. The highest BCUT2D eigenvalue weighted by atomic mass is 32.2. The Morgan fingerprint density at radius 3 is 2.56 bits per heavy atom. The molecule has 1 heterocycles. The van der Waals surface area contributed by atoms with Crippen LogP contribution in [0.25, 0.3) is 0 Å². The van der Waals surface area contributed by atoms with Gasteiger partial charge in [-0.3, -0.25) is 9.59 Å². The van der Waals surface area contributed by atoms with E-state index in [2.05, 4.69) is 28.1 Å². The monoisotopic (exact) mass is 384 g/mol. The fourth-order valence-electron chi connectivity index (χ4n) is 2.93. The normalized spacial score (nSPS) is 18.9. The van der Waals surface area contributed by atoms with E-state index in [1.165, 1.54) is 10.5 Å². The second-order valence-electron chi connectivity index (χ2n) is 6.45. The van der Waals surface area contributed by atoms with Gasteiger partial charge in [0, 0.05) is 28.9 Å². The van der Waals surface area contributed by atoms with Crippen LogP contribution in [0, 0.1) is 0 Å². The zero-order valence-corrected chi connectivity index (χ0v) is 15.8. The smallest absolute Gasteiger partial charge is 0.241 e. The molecule has 0 aromatic heterocycles. The summed E-state index contributed by atoms with van der Waals surface area (Å²) in [5, 5.41) is 8.87. The van der Waals surface area contributed by atoms with Gasteiger partial charge in [0.15, 0.2) is 0 Å². The van der Waals surface area contributed by atoms with Gasteiger partial charge in [0.2, 0.25) is 11.8 Å². The van der Waals surface area contributed by atoms with Crippen LogP contribution in [0.1, 0.15) is 12.0 Å². The molecule has 0 saturated carbocycles. The second-order valence-corrected chi connectivity index (χ2v) is 7.50. The fraction of sp³-hybridized carbons (Fsp3) is 0.300. The van der Waals surface area contributed by atoms with Crippen molar-refractivity contribution in [2.45, 2.75) is 29.2 Å². The highest BCUT2D eigenvalue weighted by Gasteiger charge is 2.30. The minimum Gasteiger partial charge on any atom is -0.351 e. The molecule has 142 valence electrons. The molecule has 27 heavy (non-hydrogen) atoms. The minimum absolute atomic E-state index is 0.0394. The van der Waals surface area contributed by atoms with Crippen molar-refractivity contribution in [2.75, 3.05) is 18.4 Å². The molecule has 2 aromatic carbocycles. The van der Waals surface area contributed by atoms with E-state index in [9.17, 15) is 9.59 Å². The molecular formula is C20H24N4O2S. The van der Waals surface area contributed by atoms with Crippen LogP contribution in [0.5, 0.6) is 0 Å². The lowest BCUT2D eigenvalue weighted by Crippen LogP contribution is -2.39. The number of benzene rings is 2. The van der Waals surface area contributed by atoms with Crippen molar-refractivity contribution in [3.05, 3.63) is 60.2 Å². The highest BCUT2D eigenvalue weighted by Crippen LogP contribution is 2.23. The van der Waals surface area contributed by atoms with Gasteiger partial charge in [-0.1, -0.05) is 30.3 Å². The number of carbonyl (C=O) groups is 2. The van der Waals surface area contributed by atoms with E-state index >= 15 is 0 Å². The third kappa shape index (κ3) is 5.82. The SMILES string of the molecule is NCC(=O)NC1CN[C@H](C(=O)Nc2ccc(CSc3ccccc3)cc2)C1. The van der Waals surface area contributed by atoms with E-state index in [0.29, 0.717) is 13.0 Å². The average molecular weight is 385 g/mol. The summed E-state index contributed by atoms with van der Waals surface area (Å²) < 4.78 is 0. The summed E-state index contributed by atoms with van der Waals surface area (Å²) in [6.07, 6.45) is 0.559. The molecule has 1 aliphatic rings.